The number of ketones is 1. The van der Waals surface area contributed by atoms with E-state index in [2.05, 4.69) is 28.7 Å². The Balaban J connectivity index is 1.65. The maximum Gasteiger partial charge on any atom is 0.295 e. The van der Waals surface area contributed by atoms with Gasteiger partial charge in [-0.1, -0.05) is 30.3 Å². The number of carbonyl (C=O) groups excluding carboxylic acids is 2. The van der Waals surface area contributed by atoms with E-state index in [1.54, 1.807) is 18.6 Å². The molecule has 5 rings (SSSR count). The van der Waals surface area contributed by atoms with Crippen molar-refractivity contribution < 1.29 is 14.7 Å². The van der Waals surface area contributed by atoms with Gasteiger partial charge in [0.25, 0.3) is 11.7 Å². The molecular weight excluding hydrogens is 452 g/mol. The van der Waals surface area contributed by atoms with Crippen molar-refractivity contribution in [1.29, 1.82) is 0 Å². The molecule has 7 heteroatoms. The average molecular weight is 481 g/mol. The monoisotopic (exact) mass is 480 g/mol. The Morgan fingerprint density at radius 1 is 1.00 bits per heavy atom. The van der Waals surface area contributed by atoms with E-state index in [4.69, 9.17) is 0 Å². The van der Waals surface area contributed by atoms with Crippen molar-refractivity contribution in [3.63, 3.8) is 0 Å². The van der Waals surface area contributed by atoms with Gasteiger partial charge in [0, 0.05) is 60.4 Å². The molecule has 7 nitrogen and oxygen atoms in total. The number of likely N-dealkylation sites (tertiary alicyclic amines) is 1. The minimum Gasteiger partial charge on any atom is -0.507 e. The summed E-state index contributed by atoms with van der Waals surface area (Å²) in [5.74, 6) is -1.50. The molecule has 182 valence electrons. The van der Waals surface area contributed by atoms with Gasteiger partial charge in [0.1, 0.15) is 5.76 Å². The summed E-state index contributed by atoms with van der Waals surface area (Å²) in [5, 5.41) is 12.3. The summed E-state index contributed by atoms with van der Waals surface area (Å²) in [6.45, 7) is 6.17. The number of rotatable bonds is 7. The second-order valence-electron chi connectivity index (χ2n) is 8.79. The third kappa shape index (κ3) is 4.02. The number of hydrogen-bond acceptors (Lipinski definition) is 5. The predicted octanol–water partition coefficient (Wildman–Crippen LogP) is 5.03. The Morgan fingerprint density at radius 2 is 1.69 bits per heavy atom. The van der Waals surface area contributed by atoms with Crippen LogP contribution in [0.5, 0.6) is 0 Å². The third-order valence-electron chi connectivity index (χ3n) is 6.82. The van der Waals surface area contributed by atoms with Crippen LogP contribution in [-0.4, -0.2) is 44.8 Å². The van der Waals surface area contributed by atoms with Gasteiger partial charge in [-0.05, 0) is 55.3 Å². The van der Waals surface area contributed by atoms with Gasteiger partial charge in [-0.2, -0.15) is 0 Å². The van der Waals surface area contributed by atoms with E-state index in [1.807, 2.05) is 60.7 Å². The van der Waals surface area contributed by atoms with Crippen LogP contribution in [0, 0.1) is 0 Å². The topological polar surface area (TPSA) is 89.5 Å². The van der Waals surface area contributed by atoms with Crippen molar-refractivity contribution in [2.24, 2.45) is 0 Å². The second-order valence-corrected chi connectivity index (χ2v) is 8.79. The minimum absolute atomic E-state index is 0.0920. The number of anilines is 1. The van der Waals surface area contributed by atoms with Crippen LogP contribution in [0.4, 0.5) is 5.69 Å². The summed E-state index contributed by atoms with van der Waals surface area (Å²) < 4.78 is 0. The van der Waals surface area contributed by atoms with Crippen LogP contribution >= 0.6 is 0 Å². The molecule has 0 bridgehead atoms. The first-order valence-corrected chi connectivity index (χ1v) is 12.1. The molecule has 2 aromatic heterocycles. The van der Waals surface area contributed by atoms with Gasteiger partial charge in [-0.25, -0.2) is 0 Å². The lowest BCUT2D eigenvalue weighted by atomic mass is 9.94. The lowest BCUT2D eigenvalue weighted by molar-refractivity contribution is -0.140. The van der Waals surface area contributed by atoms with Crippen LogP contribution in [0.1, 0.15) is 36.6 Å². The van der Waals surface area contributed by atoms with Crippen LogP contribution in [0.25, 0.3) is 16.7 Å². The van der Waals surface area contributed by atoms with E-state index in [-0.39, 0.29) is 17.9 Å². The number of Topliss-reactive ketones (excluding diaryl/α,β-unsaturated/α-hetero) is 1. The number of para-hydroxylation sites is 1. The zero-order valence-electron chi connectivity index (χ0n) is 20.3. The molecule has 1 aliphatic heterocycles. The van der Waals surface area contributed by atoms with Gasteiger partial charge in [-0.3, -0.25) is 14.6 Å². The zero-order valence-corrected chi connectivity index (χ0v) is 20.3. The summed E-state index contributed by atoms with van der Waals surface area (Å²) in [7, 11) is 0. The molecule has 1 unspecified atom stereocenters. The molecule has 3 heterocycles. The number of aliphatic hydroxyl groups is 1. The summed E-state index contributed by atoms with van der Waals surface area (Å²) in [5.41, 5.74) is 4.10. The highest BCUT2D eigenvalue weighted by Crippen LogP contribution is 2.41. The summed E-state index contributed by atoms with van der Waals surface area (Å²) in [6, 6.07) is 18.3. The first kappa shape index (κ1) is 23.4. The molecule has 0 saturated carbocycles. The first-order chi connectivity index (χ1) is 17.5. The first-order valence-electron chi connectivity index (χ1n) is 12.1. The highest BCUT2D eigenvalue weighted by molar-refractivity contribution is 6.46. The molecule has 0 aliphatic carbocycles. The number of benzene rings is 2. The van der Waals surface area contributed by atoms with Gasteiger partial charge < -0.3 is 19.9 Å². The minimum atomic E-state index is -0.724. The number of nitrogens with zero attached hydrogens (tertiary/aromatic N) is 3. The largest absolute Gasteiger partial charge is 0.507 e. The number of H-pyrrole nitrogens is 1. The molecule has 4 aromatic rings. The summed E-state index contributed by atoms with van der Waals surface area (Å²) in [4.78, 5) is 37.6. The molecule has 2 N–H and O–H groups in total. The number of fused-ring (bicyclic) bond motifs is 1. The van der Waals surface area contributed by atoms with E-state index in [0.29, 0.717) is 5.56 Å². The van der Waals surface area contributed by atoms with Crippen LogP contribution in [0.15, 0.2) is 84.8 Å². The van der Waals surface area contributed by atoms with Crippen LogP contribution in [0.3, 0.4) is 0 Å². The Kier molecular flexibility index (Phi) is 6.29. The Bertz CT molecular complexity index is 1440. The number of aliphatic hydroxyl groups excluding tert-OH is 1. The smallest absolute Gasteiger partial charge is 0.295 e. The SMILES string of the molecule is CCN(CC)c1ccc(C2/C(=C(/O)c3c[nH]c4ccccc34)C(=O)C(=O)N2Cc2ccncc2)cc1. The van der Waals surface area contributed by atoms with Gasteiger partial charge in [-0.15, -0.1) is 0 Å². The van der Waals surface area contributed by atoms with Gasteiger partial charge in [0.15, 0.2) is 0 Å². The highest BCUT2D eigenvalue weighted by Gasteiger charge is 2.46. The van der Waals surface area contributed by atoms with Crippen LogP contribution in [-0.2, 0) is 16.1 Å². The number of amides is 1. The van der Waals surface area contributed by atoms with E-state index in [1.165, 1.54) is 4.90 Å². The van der Waals surface area contributed by atoms with Crippen molar-refractivity contribution in [3.8, 4) is 0 Å². The third-order valence-corrected chi connectivity index (χ3v) is 6.82. The van der Waals surface area contributed by atoms with Crippen molar-refractivity contribution >= 4 is 34.0 Å². The molecule has 36 heavy (non-hydrogen) atoms. The maximum absolute atomic E-state index is 13.4. The average Bonchev–Trinajstić information content (AvgIpc) is 3.45. The van der Waals surface area contributed by atoms with Crippen molar-refractivity contribution in [2.45, 2.75) is 26.4 Å². The van der Waals surface area contributed by atoms with Crippen molar-refractivity contribution in [1.82, 2.24) is 14.9 Å². The Morgan fingerprint density at radius 3 is 2.39 bits per heavy atom. The normalized spacial score (nSPS) is 17.2. The van der Waals surface area contributed by atoms with E-state index in [9.17, 15) is 14.7 Å². The molecule has 0 radical (unpaired) electrons. The van der Waals surface area contributed by atoms with Crippen LogP contribution < -0.4 is 4.90 Å². The highest BCUT2D eigenvalue weighted by atomic mass is 16.3. The lowest BCUT2D eigenvalue weighted by Crippen LogP contribution is -2.29. The fraction of sp³-hybridized carbons (Fsp3) is 0.207. The lowest BCUT2D eigenvalue weighted by Gasteiger charge is -2.26. The number of aromatic amines is 1. The number of pyridine rings is 1. The molecule has 1 atom stereocenters. The fourth-order valence-corrected chi connectivity index (χ4v) is 4.94. The molecule has 1 amide bonds. The standard InChI is InChI=1S/C29H28N4O3/c1-3-32(4-2)21-11-9-20(10-12-21)26-25(27(34)23-17-31-24-8-6-5-7-22(23)24)28(35)29(36)33(26)18-19-13-15-30-16-14-19/h5-17,26,31,34H,3-4,18H2,1-2H3/b27-25-. The van der Waals surface area contributed by atoms with Gasteiger partial charge >= 0.3 is 0 Å². The number of aromatic nitrogens is 2. The predicted molar refractivity (Wildman–Crippen MR) is 140 cm³/mol. The van der Waals surface area contributed by atoms with E-state index < -0.39 is 17.7 Å². The second kappa shape index (κ2) is 9.70. The molecular formula is C29H28N4O3. The number of carbonyl (C=O) groups is 2. The molecule has 0 spiro atoms. The van der Waals surface area contributed by atoms with E-state index >= 15 is 0 Å². The summed E-state index contributed by atoms with van der Waals surface area (Å²) >= 11 is 0. The number of nitrogens with one attached hydrogen (secondary N) is 1. The molecule has 2 aromatic carbocycles. The van der Waals surface area contributed by atoms with Crippen molar-refractivity contribution in [3.05, 3.63) is 102 Å². The Hall–Kier alpha value is -4.39. The fourth-order valence-electron chi connectivity index (χ4n) is 4.94. The summed E-state index contributed by atoms with van der Waals surface area (Å²) in [6.07, 6.45) is 4.99. The number of hydrogen-bond donors (Lipinski definition) is 2. The van der Waals surface area contributed by atoms with E-state index in [0.717, 1.165) is 40.8 Å². The molecule has 1 fully saturated rings. The Labute approximate surface area is 209 Å². The quantitative estimate of drug-likeness (QED) is 0.220. The van der Waals surface area contributed by atoms with Gasteiger partial charge in [0.05, 0.1) is 11.6 Å². The zero-order chi connectivity index (χ0) is 25.2. The molecule has 1 saturated heterocycles. The molecule has 1 aliphatic rings. The maximum atomic E-state index is 13.4. The van der Waals surface area contributed by atoms with Crippen molar-refractivity contribution in [2.75, 3.05) is 18.0 Å². The van der Waals surface area contributed by atoms with Gasteiger partial charge in [0.2, 0.25) is 0 Å². The van der Waals surface area contributed by atoms with Crippen LogP contribution in [0.2, 0.25) is 0 Å².